The molecule has 1 atom stereocenters. The molecule has 0 aliphatic heterocycles. The summed E-state index contributed by atoms with van der Waals surface area (Å²) in [6.45, 7) is 0. The van der Waals surface area contributed by atoms with Gasteiger partial charge in [-0.1, -0.05) is 24.6 Å². The highest BCUT2D eigenvalue weighted by Gasteiger charge is 2.28. The van der Waals surface area contributed by atoms with Gasteiger partial charge in [-0.25, -0.2) is 4.68 Å². The molecule has 0 aromatic carbocycles. The van der Waals surface area contributed by atoms with E-state index in [0.717, 1.165) is 10.9 Å². The van der Waals surface area contributed by atoms with Gasteiger partial charge in [0.15, 0.2) is 0 Å². The van der Waals surface area contributed by atoms with Crippen LogP contribution < -0.4 is 5.73 Å². The molecule has 17 heavy (non-hydrogen) atoms. The molecular weight excluding hydrogens is 234 g/mol. The van der Waals surface area contributed by atoms with E-state index >= 15 is 0 Å². The lowest BCUT2D eigenvalue weighted by molar-refractivity contribution is 0.462. The van der Waals surface area contributed by atoms with Crippen molar-refractivity contribution in [3.8, 4) is 0 Å². The molecule has 0 saturated heterocycles. The Labute approximate surface area is 106 Å². The maximum Gasteiger partial charge on any atom is 0.209 e. The minimum Gasteiger partial charge on any atom is -0.327 e. The first kappa shape index (κ1) is 11.5. The third-order valence-electron chi connectivity index (χ3n) is 3.77. The Balaban J connectivity index is 1.54. The Morgan fingerprint density at radius 2 is 2.06 bits per heavy atom. The lowest BCUT2D eigenvalue weighted by Crippen LogP contribution is -2.30. The van der Waals surface area contributed by atoms with Crippen molar-refractivity contribution in [1.82, 2.24) is 20.2 Å². The fraction of sp³-hybridized carbons (Fsp3) is 0.909. The summed E-state index contributed by atoms with van der Waals surface area (Å²) in [5.41, 5.74) is 6.24. The van der Waals surface area contributed by atoms with Crippen molar-refractivity contribution in [2.24, 2.45) is 11.7 Å². The average Bonchev–Trinajstić information content (AvgIpc) is 2.87. The van der Waals surface area contributed by atoms with E-state index in [1.165, 1.54) is 38.5 Å². The highest BCUT2D eigenvalue weighted by atomic mass is 32.2. The van der Waals surface area contributed by atoms with Crippen molar-refractivity contribution in [3.63, 3.8) is 0 Å². The molecule has 94 valence electrons. The standard InChI is InChI=1S/C11H19N5S/c12-10(8-3-1-2-4-8)7-17-11-13-14-15-16(11)9-5-6-9/h8-10H,1-7,12H2. The van der Waals surface area contributed by atoms with Gasteiger partial charge in [-0.3, -0.25) is 0 Å². The zero-order chi connectivity index (χ0) is 11.7. The van der Waals surface area contributed by atoms with Crippen molar-refractivity contribution < 1.29 is 0 Å². The Bertz CT molecular complexity index is 370. The van der Waals surface area contributed by atoms with Crippen LogP contribution in [0, 0.1) is 5.92 Å². The number of tetrazole rings is 1. The number of nitrogens with two attached hydrogens (primary N) is 1. The zero-order valence-electron chi connectivity index (χ0n) is 9.96. The molecule has 2 aliphatic carbocycles. The Morgan fingerprint density at radius 1 is 1.29 bits per heavy atom. The molecule has 5 nitrogen and oxygen atoms in total. The number of nitrogens with zero attached hydrogens (tertiary/aromatic N) is 4. The summed E-state index contributed by atoms with van der Waals surface area (Å²) in [7, 11) is 0. The summed E-state index contributed by atoms with van der Waals surface area (Å²) >= 11 is 1.72. The van der Waals surface area contributed by atoms with E-state index in [4.69, 9.17) is 5.73 Å². The van der Waals surface area contributed by atoms with Crippen molar-refractivity contribution >= 4 is 11.8 Å². The topological polar surface area (TPSA) is 69.6 Å². The third kappa shape index (κ3) is 2.63. The fourth-order valence-electron chi connectivity index (χ4n) is 2.52. The number of aromatic nitrogens is 4. The maximum atomic E-state index is 6.24. The number of hydrogen-bond donors (Lipinski definition) is 1. The molecule has 2 saturated carbocycles. The molecule has 3 rings (SSSR count). The molecule has 6 heteroatoms. The van der Waals surface area contributed by atoms with Crippen LogP contribution in [-0.2, 0) is 0 Å². The molecule has 1 aromatic heterocycles. The molecule has 1 aromatic rings. The van der Waals surface area contributed by atoms with E-state index in [0.29, 0.717) is 18.0 Å². The minimum atomic E-state index is 0.298. The quantitative estimate of drug-likeness (QED) is 0.807. The molecule has 1 unspecified atom stereocenters. The summed E-state index contributed by atoms with van der Waals surface area (Å²) in [4.78, 5) is 0. The third-order valence-corrected chi connectivity index (χ3v) is 4.84. The van der Waals surface area contributed by atoms with E-state index in [1.807, 2.05) is 4.68 Å². The van der Waals surface area contributed by atoms with Gasteiger partial charge in [0, 0.05) is 11.8 Å². The highest BCUT2D eigenvalue weighted by Crippen LogP contribution is 2.37. The second-order valence-electron chi connectivity index (χ2n) is 5.16. The lowest BCUT2D eigenvalue weighted by atomic mass is 10.0. The van der Waals surface area contributed by atoms with Crippen LogP contribution in [0.4, 0.5) is 0 Å². The Morgan fingerprint density at radius 3 is 2.76 bits per heavy atom. The summed E-state index contributed by atoms with van der Waals surface area (Å²) in [5.74, 6) is 1.66. The van der Waals surface area contributed by atoms with Crippen molar-refractivity contribution in [2.45, 2.75) is 55.8 Å². The predicted octanol–water partition coefficient (Wildman–Crippen LogP) is 1.62. The normalized spacial score (nSPS) is 23.1. The molecule has 2 fully saturated rings. The van der Waals surface area contributed by atoms with Gasteiger partial charge in [-0.15, -0.1) is 5.10 Å². The smallest absolute Gasteiger partial charge is 0.209 e. The molecule has 0 spiro atoms. The highest BCUT2D eigenvalue weighted by molar-refractivity contribution is 7.99. The summed E-state index contributed by atoms with van der Waals surface area (Å²) in [6, 6.07) is 0.849. The van der Waals surface area contributed by atoms with Crippen LogP contribution in [0.2, 0.25) is 0 Å². The molecular formula is C11H19N5S. The molecule has 1 heterocycles. The average molecular weight is 253 g/mol. The second-order valence-corrected chi connectivity index (χ2v) is 6.14. The van der Waals surface area contributed by atoms with E-state index in [1.54, 1.807) is 11.8 Å². The van der Waals surface area contributed by atoms with E-state index in [2.05, 4.69) is 15.5 Å². The minimum absolute atomic E-state index is 0.298. The predicted molar refractivity (Wildman–Crippen MR) is 66.7 cm³/mol. The van der Waals surface area contributed by atoms with Crippen LogP contribution in [0.5, 0.6) is 0 Å². The SMILES string of the molecule is NC(CSc1nnnn1C1CC1)C1CCCC1. The van der Waals surface area contributed by atoms with Crippen LogP contribution in [0.3, 0.4) is 0 Å². The van der Waals surface area contributed by atoms with Crippen molar-refractivity contribution in [1.29, 1.82) is 0 Å². The van der Waals surface area contributed by atoms with Gasteiger partial charge in [0.05, 0.1) is 6.04 Å². The second kappa shape index (κ2) is 4.94. The first-order valence-corrected chi connectivity index (χ1v) is 7.49. The van der Waals surface area contributed by atoms with E-state index in [9.17, 15) is 0 Å². The first-order chi connectivity index (χ1) is 8.34. The van der Waals surface area contributed by atoms with Crippen LogP contribution in [0.15, 0.2) is 5.16 Å². The number of rotatable bonds is 5. The van der Waals surface area contributed by atoms with Gasteiger partial charge < -0.3 is 5.73 Å². The molecule has 0 radical (unpaired) electrons. The van der Waals surface area contributed by atoms with Crippen molar-refractivity contribution in [2.75, 3.05) is 5.75 Å². The molecule has 2 aliphatic rings. The summed E-state index contributed by atoms with van der Waals surface area (Å²) in [6.07, 6.45) is 7.73. The zero-order valence-corrected chi connectivity index (χ0v) is 10.8. The summed E-state index contributed by atoms with van der Waals surface area (Å²) < 4.78 is 1.96. The van der Waals surface area contributed by atoms with Crippen LogP contribution in [0.1, 0.15) is 44.6 Å². The largest absolute Gasteiger partial charge is 0.327 e. The first-order valence-electron chi connectivity index (χ1n) is 6.51. The van der Waals surface area contributed by atoms with Crippen LogP contribution >= 0.6 is 11.8 Å². The van der Waals surface area contributed by atoms with Gasteiger partial charge in [0.1, 0.15) is 0 Å². The molecule has 0 bridgehead atoms. The van der Waals surface area contributed by atoms with Gasteiger partial charge in [0.2, 0.25) is 5.16 Å². The van der Waals surface area contributed by atoms with Crippen molar-refractivity contribution in [3.05, 3.63) is 0 Å². The monoisotopic (exact) mass is 253 g/mol. The van der Waals surface area contributed by atoms with E-state index < -0.39 is 0 Å². The van der Waals surface area contributed by atoms with Crippen LogP contribution in [0.25, 0.3) is 0 Å². The van der Waals surface area contributed by atoms with Gasteiger partial charge >= 0.3 is 0 Å². The lowest BCUT2D eigenvalue weighted by Gasteiger charge is -2.17. The van der Waals surface area contributed by atoms with E-state index in [-0.39, 0.29) is 0 Å². The van der Waals surface area contributed by atoms with Gasteiger partial charge in [-0.2, -0.15) is 0 Å². The fourth-order valence-corrected chi connectivity index (χ4v) is 3.55. The number of thioether (sulfide) groups is 1. The summed E-state index contributed by atoms with van der Waals surface area (Å²) in [5, 5.41) is 12.8. The van der Waals surface area contributed by atoms with Gasteiger partial charge in [-0.05, 0) is 42.0 Å². The molecule has 0 amide bonds. The number of hydrogen-bond acceptors (Lipinski definition) is 5. The van der Waals surface area contributed by atoms with Crippen LogP contribution in [-0.4, -0.2) is 32.0 Å². The van der Waals surface area contributed by atoms with Gasteiger partial charge in [0.25, 0.3) is 0 Å². The maximum absolute atomic E-state index is 6.24. The Kier molecular flexibility index (Phi) is 3.33. The Hall–Kier alpha value is -0.620. The molecule has 2 N–H and O–H groups in total.